The average molecular weight is 637 g/mol. The monoisotopic (exact) mass is 636 g/mol. The Hall–Kier alpha value is -3.55. The molecule has 1 spiro atoms. The molecular weight excluding hydrogens is 597 g/mol. The Morgan fingerprint density at radius 3 is 2.52 bits per heavy atom. The number of alkyl halides is 3. The zero-order chi connectivity index (χ0) is 32.6. The molecule has 3 fully saturated rings. The van der Waals surface area contributed by atoms with Gasteiger partial charge in [-0.1, -0.05) is 25.8 Å². The maximum Gasteiger partial charge on any atom is 0.416 e. The van der Waals surface area contributed by atoms with Gasteiger partial charge in [0.05, 0.1) is 22.6 Å². The van der Waals surface area contributed by atoms with Crippen LogP contribution in [0.5, 0.6) is 11.5 Å². The molecule has 0 unspecified atom stereocenters. The molecule has 2 saturated carbocycles. The van der Waals surface area contributed by atoms with E-state index in [9.17, 15) is 27.9 Å². The summed E-state index contributed by atoms with van der Waals surface area (Å²) in [5.74, 6) is 6.09. The lowest BCUT2D eigenvalue weighted by Crippen LogP contribution is -2.78. The lowest BCUT2D eigenvalue weighted by molar-refractivity contribution is -0.201. The van der Waals surface area contributed by atoms with E-state index >= 15 is 0 Å². The van der Waals surface area contributed by atoms with E-state index in [1.807, 2.05) is 19.9 Å². The highest BCUT2D eigenvalue weighted by molar-refractivity contribution is 5.94. The molecule has 2 heterocycles. The van der Waals surface area contributed by atoms with Crippen LogP contribution in [-0.4, -0.2) is 70.2 Å². The fraction of sp³-hybridized carbons (Fsp3) is 0.556. The van der Waals surface area contributed by atoms with Crippen LogP contribution >= 0.6 is 0 Å². The molecule has 10 heteroatoms. The third-order valence-corrected chi connectivity index (χ3v) is 10.7. The molecule has 1 saturated heterocycles. The van der Waals surface area contributed by atoms with E-state index in [1.165, 1.54) is 31.9 Å². The number of piperidine rings is 1. The van der Waals surface area contributed by atoms with Crippen molar-refractivity contribution in [3.8, 4) is 23.3 Å². The molecule has 2 aromatic carbocycles. The van der Waals surface area contributed by atoms with E-state index in [0.717, 1.165) is 36.3 Å². The number of amides is 1. The van der Waals surface area contributed by atoms with Gasteiger partial charge >= 0.3 is 12.1 Å². The summed E-state index contributed by atoms with van der Waals surface area (Å²) in [6, 6.07) is 7.68. The number of hydrogen-bond donors (Lipinski definition) is 1. The largest absolute Gasteiger partial charge is 0.483 e. The van der Waals surface area contributed by atoms with Crippen LogP contribution in [0.25, 0.3) is 0 Å². The molecule has 1 N–H and O–H groups in total. The second-order valence-corrected chi connectivity index (χ2v) is 14.1. The highest BCUT2D eigenvalue weighted by Gasteiger charge is 2.73. The summed E-state index contributed by atoms with van der Waals surface area (Å²) < 4.78 is 51.6. The highest BCUT2D eigenvalue weighted by atomic mass is 19.4. The van der Waals surface area contributed by atoms with E-state index in [4.69, 9.17) is 9.47 Å². The normalized spacial score (nSPS) is 29.3. The summed E-state index contributed by atoms with van der Waals surface area (Å²) in [6.45, 7) is 7.50. The minimum absolute atomic E-state index is 0.0885. The molecule has 0 radical (unpaired) electrons. The molecule has 2 aromatic rings. The lowest BCUT2D eigenvalue weighted by atomic mass is 9.48. The number of rotatable bonds is 6. The average Bonchev–Trinajstić information content (AvgIpc) is 3.74. The lowest BCUT2D eigenvalue weighted by Gasteiger charge is -2.64. The van der Waals surface area contributed by atoms with Gasteiger partial charge in [0.2, 0.25) is 0 Å². The van der Waals surface area contributed by atoms with Crippen molar-refractivity contribution < 1.29 is 37.3 Å². The van der Waals surface area contributed by atoms with Gasteiger partial charge in [-0.05, 0) is 92.8 Å². The van der Waals surface area contributed by atoms with Gasteiger partial charge in [0, 0.05) is 43.1 Å². The van der Waals surface area contributed by atoms with Crippen molar-refractivity contribution in [3.63, 3.8) is 0 Å². The summed E-state index contributed by atoms with van der Waals surface area (Å²) in [5, 5.41) is 12.9. The van der Waals surface area contributed by atoms with Crippen molar-refractivity contribution >= 4 is 11.9 Å². The Morgan fingerprint density at radius 1 is 1.13 bits per heavy atom. The fourth-order valence-corrected chi connectivity index (χ4v) is 8.70. The van der Waals surface area contributed by atoms with E-state index in [1.54, 1.807) is 11.0 Å². The second kappa shape index (κ2) is 11.0. The zero-order valence-electron chi connectivity index (χ0n) is 26.3. The Bertz CT molecular complexity index is 1620. The highest BCUT2D eigenvalue weighted by Crippen LogP contribution is 2.66. The van der Waals surface area contributed by atoms with Gasteiger partial charge in [-0.25, -0.2) is 0 Å². The minimum atomic E-state index is -4.46. The number of nitrogens with zero attached hydrogens (tertiary/aromatic N) is 2. The quantitative estimate of drug-likeness (QED) is 0.270. The number of benzene rings is 2. The topological polar surface area (TPSA) is 79.3 Å². The van der Waals surface area contributed by atoms with Gasteiger partial charge in [-0.15, -0.1) is 0 Å². The van der Waals surface area contributed by atoms with Crippen molar-refractivity contribution in [1.82, 2.24) is 9.80 Å². The molecule has 2 bridgehead atoms. The van der Waals surface area contributed by atoms with Crippen LogP contribution in [0.1, 0.15) is 75.1 Å². The minimum Gasteiger partial charge on any atom is -0.483 e. The van der Waals surface area contributed by atoms with Crippen molar-refractivity contribution in [2.24, 2.45) is 11.8 Å². The van der Waals surface area contributed by atoms with Gasteiger partial charge in [0.25, 0.3) is 5.91 Å². The molecule has 2 aliphatic heterocycles. The SMILES string of the molecule is CC(=O)Oc1ccc2c3c1O[C@H]1[C@@H](N(CC(C)C)C(=O)C#Cc4ccc(C(F)(F)F)cc4)CC[C@@]4(O)[C@@H](C2)N(CC2CC2)CC[C@]314. The van der Waals surface area contributed by atoms with Gasteiger partial charge < -0.3 is 19.5 Å². The Kier molecular flexibility index (Phi) is 7.44. The summed E-state index contributed by atoms with van der Waals surface area (Å²) in [5.41, 5.74) is -0.408. The number of carbonyl (C=O) groups is 2. The Balaban J connectivity index is 1.27. The summed E-state index contributed by atoms with van der Waals surface area (Å²) >= 11 is 0. The van der Waals surface area contributed by atoms with Gasteiger partial charge in [-0.3, -0.25) is 14.5 Å². The van der Waals surface area contributed by atoms with Crippen LogP contribution in [0.3, 0.4) is 0 Å². The first-order chi connectivity index (χ1) is 21.8. The molecule has 5 atom stereocenters. The van der Waals surface area contributed by atoms with Crippen LogP contribution in [-0.2, 0) is 27.6 Å². The van der Waals surface area contributed by atoms with Crippen molar-refractivity contribution in [1.29, 1.82) is 0 Å². The van der Waals surface area contributed by atoms with E-state index in [-0.39, 0.29) is 12.0 Å². The van der Waals surface area contributed by atoms with Crippen LogP contribution in [0.2, 0.25) is 0 Å². The standard InChI is InChI=1S/C36H39F3N2O5/c1-21(2)19-41(30(43)13-8-23-6-10-26(11-7-23)36(37,38)39)27-14-15-35(44)29-18-25-9-12-28(45-22(3)42)32-31(25)34(35,33(27)46-32)16-17-40(29)20-24-4-5-24/h6-7,9-12,21,24,27,29,33,44H,4-5,14-20H2,1-3H3/t27-,29+,33-,34-,35+/m0/s1. The molecule has 5 aliphatic rings. The molecular formula is C36H39F3N2O5. The molecule has 7 nitrogen and oxygen atoms in total. The number of likely N-dealkylation sites (tertiary alicyclic amines) is 1. The molecule has 244 valence electrons. The van der Waals surface area contributed by atoms with Crippen LogP contribution < -0.4 is 9.47 Å². The number of hydrogen-bond acceptors (Lipinski definition) is 6. The van der Waals surface area contributed by atoms with Crippen molar-refractivity contribution in [2.75, 3.05) is 19.6 Å². The first-order valence-electron chi connectivity index (χ1n) is 16.3. The van der Waals surface area contributed by atoms with Gasteiger partial charge in [-0.2, -0.15) is 13.2 Å². The number of halogens is 3. The third kappa shape index (κ3) is 4.98. The second-order valence-electron chi connectivity index (χ2n) is 14.1. The summed E-state index contributed by atoms with van der Waals surface area (Å²) in [4.78, 5) is 30.2. The number of aliphatic hydroxyl groups is 1. The fourth-order valence-electron chi connectivity index (χ4n) is 8.70. The Morgan fingerprint density at radius 2 is 1.87 bits per heavy atom. The molecule has 46 heavy (non-hydrogen) atoms. The predicted molar refractivity (Wildman–Crippen MR) is 163 cm³/mol. The maximum absolute atomic E-state index is 13.9. The van der Waals surface area contributed by atoms with E-state index < -0.39 is 46.8 Å². The van der Waals surface area contributed by atoms with Crippen molar-refractivity contribution in [3.05, 3.63) is 58.7 Å². The Labute approximate surface area is 267 Å². The van der Waals surface area contributed by atoms with Gasteiger partial charge in [0.15, 0.2) is 11.5 Å². The molecule has 7 rings (SSSR count). The smallest absolute Gasteiger partial charge is 0.416 e. The first kappa shape index (κ1) is 31.1. The molecule has 0 aromatic heterocycles. The summed E-state index contributed by atoms with van der Waals surface area (Å²) in [7, 11) is 0. The molecule has 3 aliphatic carbocycles. The first-order valence-corrected chi connectivity index (χ1v) is 16.3. The summed E-state index contributed by atoms with van der Waals surface area (Å²) in [6.07, 6.45) is -0.367. The van der Waals surface area contributed by atoms with E-state index in [0.29, 0.717) is 55.2 Å². The number of ether oxygens (including phenoxy) is 2. The van der Waals surface area contributed by atoms with Crippen molar-refractivity contribution in [2.45, 2.75) is 94.7 Å². The van der Waals surface area contributed by atoms with Crippen LogP contribution in [0, 0.1) is 23.7 Å². The number of carbonyl (C=O) groups excluding carboxylic acids is 2. The third-order valence-electron chi connectivity index (χ3n) is 10.7. The van der Waals surface area contributed by atoms with Crippen LogP contribution in [0.15, 0.2) is 36.4 Å². The van der Waals surface area contributed by atoms with Crippen LogP contribution in [0.4, 0.5) is 13.2 Å². The predicted octanol–water partition coefficient (Wildman–Crippen LogP) is 5.10. The van der Waals surface area contributed by atoms with E-state index in [2.05, 4.69) is 16.7 Å². The zero-order valence-corrected chi connectivity index (χ0v) is 26.3. The number of esters is 1. The molecule has 1 amide bonds. The maximum atomic E-state index is 13.9. The van der Waals surface area contributed by atoms with Gasteiger partial charge in [0.1, 0.15) is 6.10 Å².